The van der Waals surface area contributed by atoms with Gasteiger partial charge in [-0.05, 0) is 0 Å². The predicted molar refractivity (Wildman–Crippen MR) is 84.2 cm³/mol. The molecule has 15 heteroatoms. The van der Waals surface area contributed by atoms with Crippen LogP contribution in [0, 0.1) is 20.2 Å². The lowest BCUT2D eigenvalue weighted by Gasteiger charge is -2.42. The second-order valence-corrected chi connectivity index (χ2v) is 8.64. The molecule has 0 radical (unpaired) electrons. The Hall–Kier alpha value is -2.71. The van der Waals surface area contributed by atoms with Gasteiger partial charge in [-0.3, -0.25) is 20.2 Å². The van der Waals surface area contributed by atoms with Gasteiger partial charge in [0.2, 0.25) is 11.4 Å². The fourth-order valence-corrected chi connectivity index (χ4v) is 5.49. The molecule has 0 heterocycles. The molecule has 0 N–H and O–H groups in total. The Kier molecular flexibility index (Phi) is 5.19. The summed E-state index contributed by atoms with van der Waals surface area (Å²) in [5.41, 5.74) is -2.56. The van der Waals surface area contributed by atoms with Crippen molar-refractivity contribution in [2.24, 2.45) is 0 Å². The Bertz CT molecular complexity index is 906. The van der Waals surface area contributed by atoms with E-state index >= 15 is 0 Å². The van der Waals surface area contributed by atoms with Crippen molar-refractivity contribution in [1.29, 1.82) is 0 Å². The zero-order valence-electron chi connectivity index (χ0n) is 13.9. The first kappa shape index (κ1) is 22.6. The Balaban J connectivity index is 2.83. The molecular weight excluding hydrogens is 438 g/mol. The molecule has 0 fully saturated rings. The minimum Gasteiger partial charge on any atom is -0.259 e. The largest absolute Gasteiger partial charge is 0.412 e. The standard InChI is InChI=1S/C14H10F6N2O6S/c15-13(16,17)11(5-1-3-9(7-11)21(23)24)29(27,28)12(14(18,19)20)6-2-4-10(8-12)22(25)26/h1-6H,7-8H2. The molecule has 8 nitrogen and oxygen atoms in total. The molecule has 0 saturated carbocycles. The zero-order valence-corrected chi connectivity index (χ0v) is 14.7. The SMILES string of the molecule is O=[N+]([O-])C1=CC=CC(C(F)(F)F)(S(=O)(=O)C2(C(F)(F)F)C=CC=C([N+](=O)[O-])C2)C1. The number of hydrogen-bond acceptors (Lipinski definition) is 6. The molecule has 0 bridgehead atoms. The molecule has 2 rings (SSSR count). The smallest absolute Gasteiger partial charge is 0.259 e. The second kappa shape index (κ2) is 6.67. The third kappa shape index (κ3) is 3.22. The maximum absolute atomic E-state index is 13.9. The first-order chi connectivity index (χ1) is 13.0. The van der Waals surface area contributed by atoms with Gasteiger partial charge in [-0.2, -0.15) is 26.3 Å². The lowest BCUT2D eigenvalue weighted by atomic mass is 9.95. The summed E-state index contributed by atoms with van der Waals surface area (Å²) >= 11 is 0. The molecule has 0 aromatic heterocycles. The molecule has 2 aliphatic carbocycles. The van der Waals surface area contributed by atoms with Crippen LogP contribution in [-0.2, 0) is 9.84 Å². The minimum atomic E-state index is -6.47. The van der Waals surface area contributed by atoms with Crippen molar-refractivity contribution in [1.82, 2.24) is 0 Å². The fourth-order valence-electron chi connectivity index (χ4n) is 3.04. The topological polar surface area (TPSA) is 120 Å². The highest BCUT2D eigenvalue weighted by Gasteiger charge is 2.75. The van der Waals surface area contributed by atoms with E-state index in [1.807, 2.05) is 0 Å². The quantitative estimate of drug-likeness (QED) is 0.370. The Morgan fingerprint density at radius 1 is 0.793 bits per heavy atom. The van der Waals surface area contributed by atoms with Gasteiger partial charge in [0.15, 0.2) is 19.3 Å². The van der Waals surface area contributed by atoms with Gasteiger partial charge in [-0.1, -0.05) is 24.3 Å². The van der Waals surface area contributed by atoms with Gasteiger partial charge in [-0.25, -0.2) is 8.42 Å². The summed E-state index contributed by atoms with van der Waals surface area (Å²) < 4.78 is 101. The summed E-state index contributed by atoms with van der Waals surface area (Å²) in [5, 5.41) is 21.8. The van der Waals surface area contributed by atoms with Crippen LogP contribution in [0.2, 0.25) is 0 Å². The Morgan fingerprint density at radius 2 is 1.10 bits per heavy atom. The maximum atomic E-state index is 13.9. The average Bonchev–Trinajstić information content (AvgIpc) is 2.59. The highest BCUT2D eigenvalue weighted by atomic mass is 32.2. The second-order valence-electron chi connectivity index (χ2n) is 6.18. The van der Waals surface area contributed by atoms with E-state index in [0.29, 0.717) is 24.3 Å². The monoisotopic (exact) mass is 448 g/mol. The summed E-state index contributed by atoms with van der Waals surface area (Å²) in [7, 11) is -6.47. The molecule has 0 saturated heterocycles. The molecule has 2 unspecified atom stereocenters. The molecule has 29 heavy (non-hydrogen) atoms. The summed E-state index contributed by atoms with van der Waals surface area (Å²) in [6.45, 7) is 0. The fraction of sp³-hybridized carbons (Fsp3) is 0.429. The number of alkyl halides is 6. The third-order valence-electron chi connectivity index (χ3n) is 4.58. The normalized spacial score (nSPS) is 27.9. The van der Waals surface area contributed by atoms with Crippen LogP contribution in [0.5, 0.6) is 0 Å². The van der Waals surface area contributed by atoms with Crippen molar-refractivity contribution in [3.63, 3.8) is 0 Å². The van der Waals surface area contributed by atoms with Gasteiger partial charge in [-0.15, -0.1) is 0 Å². The van der Waals surface area contributed by atoms with Crippen LogP contribution in [0.1, 0.15) is 12.8 Å². The summed E-state index contributed by atoms with van der Waals surface area (Å²) in [4.78, 5) is 19.1. The maximum Gasteiger partial charge on any atom is 0.412 e. The lowest BCUT2D eigenvalue weighted by Crippen LogP contribution is -2.64. The number of halogens is 6. The highest BCUT2D eigenvalue weighted by molar-refractivity contribution is 7.94. The van der Waals surface area contributed by atoms with Gasteiger partial charge in [0.25, 0.3) is 0 Å². The van der Waals surface area contributed by atoms with Crippen LogP contribution in [0.15, 0.2) is 47.9 Å². The number of allylic oxidation sites excluding steroid dienone is 6. The van der Waals surface area contributed by atoms with E-state index in [9.17, 15) is 55.0 Å². The van der Waals surface area contributed by atoms with Crippen molar-refractivity contribution in [2.75, 3.05) is 0 Å². The van der Waals surface area contributed by atoms with E-state index in [1.54, 1.807) is 0 Å². The molecule has 0 aromatic rings. The van der Waals surface area contributed by atoms with Crippen LogP contribution >= 0.6 is 0 Å². The van der Waals surface area contributed by atoms with E-state index in [-0.39, 0.29) is 12.2 Å². The number of rotatable bonds is 4. The molecule has 2 atom stereocenters. The minimum absolute atomic E-state index is 0.110. The molecule has 2 aliphatic rings. The molecular formula is C14H10F6N2O6S. The number of sulfone groups is 1. The van der Waals surface area contributed by atoms with Gasteiger partial charge in [0.05, 0.1) is 22.7 Å². The van der Waals surface area contributed by atoms with Crippen LogP contribution in [0.4, 0.5) is 26.3 Å². The molecule has 0 spiro atoms. The van der Waals surface area contributed by atoms with Crippen LogP contribution < -0.4 is 0 Å². The van der Waals surface area contributed by atoms with Crippen LogP contribution in [0.3, 0.4) is 0 Å². The third-order valence-corrected chi connectivity index (χ3v) is 7.53. The van der Waals surface area contributed by atoms with Crippen molar-refractivity contribution < 1.29 is 44.6 Å². The molecule has 160 valence electrons. The first-order valence-corrected chi connectivity index (χ1v) is 8.94. The summed E-state index contributed by atoms with van der Waals surface area (Å²) in [6, 6.07) is 0. The van der Waals surface area contributed by atoms with Gasteiger partial charge in [0, 0.05) is 12.2 Å². The van der Waals surface area contributed by atoms with E-state index in [0.717, 1.165) is 0 Å². The van der Waals surface area contributed by atoms with Crippen molar-refractivity contribution in [2.45, 2.75) is 34.7 Å². The lowest BCUT2D eigenvalue weighted by molar-refractivity contribution is -0.430. The molecule has 0 aromatic carbocycles. The number of nitro groups is 2. The van der Waals surface area contributed by atoms with Gasteiger partial charge < -0.3 is 0 Å². The van der Waals surface area contributed by atoms with Gasteiger partial charge >= 0.3 is 12.4 Å². The highest BCUT2D eigenvalue weighted by Crippen LogP contribution is 2.55. The first-order valence-electron chi connectivity index (χ1n) is 7.46. The average molecular weight is 448 g/mol. The molecule has 0 aliphatic heterocycles. The van der Waals surface area contributed by atoms with Crippen molar-refractivity contribution in [3.05, 3.63) is 68.1 Å². The van der Waals surface area contributed by atoms with E-state index in [4.69, 9.17) is 0 Å². The molecule has 0 amide bonds. The van der Waals surface area contributed by atoms with Gasteiger partial charge in [0.1, 0.15) is 0 Å². The Labute approximate surface area is 158 Å². The number of hydrogen-bond donors (Lipinski definition) is 0. The van der Waals surface area contributed by atoms with E-state index < -0.39 is 65.8 Å². The van der Waals surface area contributed by atoms with E-state index in [2.05, 4.69) is 0 Å². The summed E-state index contributed by atoms with van der Waals surface area (Å²) in [6.07, 6.45) is -14.2. The number of nitrogens with zero attached hydrogens (tertiary/aromatic N) is 2. The van der Waals surface area contributed by atoms with Crippen molar-refractivity contribution in [3.8, 4) is 0 Å². The van der Waals surface area contributed by atoms with E-state index in [1.165, 1.54) is 0 Å². The zero-order chi connectivity index (χ0) is 22.5. The van der Waals surface area contributed by atoms with Crippen LogP contribution in [0.25, 0.3) is 0 Å². The van der Waals surface area contributed by atoms with Crippen molar-refractivity contribution >= 4 is 9.84 Å². The predicted octanol–water partition coefficient (Wildman–Crippen LogP) is 3.24. The summed E-state index contributed by atoms with van der Waals surface area (Å²) in [5.74, 6) is 0. The Morgan fingerprint density at radius 3 is 1.34 bits per heavy atom. The van der Waals surface area contributed by atoms with Crippen LogP contribution in [-0.4, -0.2) is 40.1 Å².